The lowest BCUT2D eigenvalue weighted by Gasteiger charge is -2.37. The highest BCUT2D eigenvalue weighted by Crippen LogP contribution is 2.36. The van der Waals surface area contributed by atoms with Crippen molar-refractivity contribution in [1.29, 1.82) is 5.26 Å². The number of ether oxygens (including phenoxy) is 1. The van der Waals surface area contributed by atoms with Crippen molar-refractivity contribution in [2.24, 2.45) is 5.92 Å². The van der Waals surface area contributed by atoms with Crippen LogP contribution in [0.3, 0.4) is 0 Å². The molecule has 182 valence electrons. The normalized spacial score (nSPS) is 20.7. The Morgan fingerprint density at radius 1 is 1.26 bits per heavy atom. The maximum absolute atomic E-state index is 13.6. The molecule has 0 aromatic heterocycles. The average Bonchev–Trinajstić information content (AvgIpc) is 2.84. The molecule has 9 heteroatoms. The summed E-state index contributed by atoms with van der Waals surface area (Å²) in [6.07, 6.45) is -0.0987. The van der Waals surface area contributed by atoms with Crippen LogP contribution in [-0.4, -0.2) is 67.5 Å². The smallest absolute Gasteiger partial charge is 0.247 e. The molecule has 0 radical (unpaired) electrons. The standard InChI is InChI=1S/C25H31N3O5S/c1-5-25(30)27(4)15-23-17(2)14-28(18(3)16-29)34(31,32)24-11-10-21(12-22(24)33-23)20-8-6-19(13-26)7-9-20/h6-12,17-18,23,29H,5,14-16H2,1-4H3/t17-,18+,23-/m0/s1. The number of rotatable bonds is 6. The molecule has 1 aliphatic rings. The number of nitriles is 1. The summed E-state index contributed by atoms with van der Waals surface area (Å²) in [7, 11) is -2.24. The van der Waals surface area contributed by atoms with Gasteiger partial charge in [-0.25, -0.2) is 8.42 Å². The third-order valence-electron chi connectivity index (χ3n) is 6.20. The fourth-order valence-electron chi connectivity index (χ4n) is 4.00. The van der Waals surface area contributed by atoms with Gasteiger partial charge in [0.05, 0.1) is 24.8 Å². The van der Waals surface area contributed by atoms with Crippen molar-refractivity contribution in [2.45, 2.75) is 44.2 Å². The molecule has 1 amide bonds. The van der Waals surface area contributed by atoms with Gasteiger partial charge in [0.25, 0.3) is 0 Å². The van der Waals surface area contributed by atoms with Crippen molar-refractivity contribution in [2.75, 3.05) is 26.7 Å². The van der Waals surface area contributed by atoms with E-state index in [1.807, 2.05) is 6.92 Å². The number of aliphatic hydroxyl groups is 1. The second kappa shape index (κ2) is 10.6. The van der Waals surface area contributed by atoms with E-state index in [0.717, 1.165) is 11.1 Å². The van der Waals surface area contributed by atoms with Gasteiger partial charge in [0.15, 0.2) is 0 Å². The number of amides is 1. The number of fused-ring (bicyclic) bond motifs is 1. The second-order valence-corrected chi connectivity index (χ2v) is 10.6. The number of carbonyl (C=O) groups is 1. The highest BCUT2D eigenvalue weighted by Gasteiger charge is 2.38. The van der Waals surface area contributed by atoms with Crippen LogP contribution in [0, 0.1) is 17.2 Å². The SMILES string of the molecule is CCC(=O)N(C)C[C@@H]1Oc2cc(-c3ccc(C#N)cc3)ccc2S(=O)(=O)N([C@H](C)CO)C[C@@H]1C. The number of carbonyl (C=O) groups excluding carboxylic acids is 1. The molecule has 1 aliphatic heterocycles. The van der Waals surface area contributed by atoms with Crippen molar-refractivity contribution in [3.8, 4) is 22.9 Å². The summed E-state index contributed by atoms with van der Waals surface area (Å²) in [6.45, 7) is 5.48. The predicted octanol–water partition coefficient (Wildman–Crippen LogP) is 2.86. The molecule has 0 saturated carbocycles. The summed E-state index contributed by atoms with van der Waals surface area (Å²) in [5.74, 6) is -0.0777. The highest BCUT2D eigenvalue weighted by atomic mass is 32.2. The molecule has 0 unspecified atom stereocenters. The monoisotopic (exact) mass is 485 g/mol. The molecule has 1 N–H and O–H groups in total. The molecule has 3 atom stereocenters. The van der Waals surface area contributed by atoms with Gasteiger partial charge >= 0.3 is 0 Å². The minimum atomic E-state index is -3.94. The fourth-order valence-corrected chi connectivity index (χ4v) is 5.83. The Labute approximate surface area is 201 Å². The Morgan fingerprint density at radius 3 is 2.50 bits per heavy atom. The van der Waals surface area contributed by atoms with E-state index in [1.54, 1.807) is 62.2 Å². The molecule has 0 aliphatic carbocycles. The fraction of sp³-hybridized carbons (Fsp3) is 0.440. The average molecular weight is 486 g/mol. The Balaban J connectivity index is 2.11. The van der Waals surface area contributed by atoms with Crippen LogP contribution in [0.15, 0.2) is 47.4 Å². The third kappa shape index (κ3) is 5.25. The minimum absolute atomic E-state index is 0.0200. The number of hydrogen-bond acceptors (Lipinski definition) is 6. The summed E-state index contributed by atoms with van der Waals surface area (Å²) >= 11 is 0. The van der Waals surface area contributed by atoms with E-state index >= 15 is 0 Å². The van der Waals surface area contributed by atoms with Gasteiger partial charge in [-0.05, 0) is 42.3 Å². The van der Waals surface area contributed by atoms with Crippen molar-refractivity contribution >= 4 is 15.9 Å². The minimum Gasteiger partial charge on any atom is -0.487 e. The Kier molecular flexibility index (Phi) is 7.97. The second-order valence-electron chi connectivity index (χ2n) is 8.72. The van der Waals surface area contributed by atoms with E-state index in [0.29, 0.717) is 18.5 Å². The van der Waals surface area contributed by atoms with Crippen LogP contribution in [0.5, 0.6) is 5.75 Å². The van der Waals surface area contributed by atoms with Gasteiger partial charge in [0.1, 0.15) is 16.7 Å². The first-order chi connectivity index (χ1) is 16.1. The topological polar surface area (TPSA) is 111 Å². The summed E-state index contributed by atoms with van der Waals surface area (Å²) in [4.78, 5) is 13.8. The molecule has 0 bridgehead atoms. The zero-order valence-corrected chi connectivity index (χ0v) is 20.7. The molecule has 0 fully saturated rings. The van der Waals surface area contributed by atoms with Gasteiger partial charge in [-0.3, -0.25) is 4.79 Å². The molecule has 1 heterocycles. The number of hydrogen-bond donors (Lipinski definition) is 1. The number of likely N-dealkylation sites (N-methyl/N-ethyl adjacent to an activating group) is 1. The largest absolute Gasteiger partial charge is 0.487 e. The van der Waals surface area contributed by atoms with E-state index in [-0.39, 0.29) is 35.6 Å². The first-order valence-corrected chi connectivity index (χ1v) is 12.7. The van der Waals surface area contributed by atoms with Crippen LogP contribution < -0.4 is 4.74 Å². The third-order valence-corrected chi connectivity index (χ3v) is 8.22. The van der Waals surface area contributed by atoms with Crippen LogP contribution >= 0.6 is 0 Å². The summed E-state index contributed by atoms with van der Waals surface area (Å²) in [5.41, 5.74) is 2.08. The molecule has 0 saturated heterocycles. The number of benzene rings is 2. The quantitative estimate of drug-likeness (QED) is 0.674. The molecular weight excluding hydrogens is 454 g/mol. The van der Waals surface area contributed by atoms with E-state index in [2.05, 4.69) is 6.07 Å². The van der Waals surface area contributed by atoms with E-state index in [1.165, 1.54) is 10.4 Å². The summed E-state index contributed by atoms with van der Waals surface area (Å²) in [6, 6.07) is 13.4. The van der Waals surface area contributed by atoms with E-state index < -0.39 is 22.2 Å². The molecule has 0 spiro atoms. The van der Waals surface area contributed by atoms with Crippen LogP contribution in [0.4, 0.5) is 0 Å². The van der Waals surface area contributed by atoms with Crippen LogP contribution in [-0.2, 0) is 14.8 Å². The first-order valence-electron chi connectivity index (χ1n) is 11.3. The molecule has 2 aromatic carbocycles. The Morgan fingerprint density at radius 2 is 1.91 bits per heavy atom. The summed E-state index contributed by atoms with van der Waals surface area (Å²) < 4.78 is 34.8. The van der Waals surface area contributed by atoms with Gasteiger partial charge in [0, 0.05) is 32.0 Å². The van der Waals surface area contributed by atoms with Gasteiger partial charge in [0.2, 0.25) is 15.9 Å². The van der Waals surface area contributed by atoms with Gasteiger partial charge in [-0.1, -0.05) is 32.0 Å². The lowest BCUT2D eigenvalue weighted by Crippen LogP contribution is -2.50. The first kappa shape index (κ1) is 25.7. The lowest BCUT2D eigenvalue weighted by atomic mass is 10.0. The Hall–Kier alpha value is -2.93. The number of nitrogens with zero attached hydrogens (tertiary/aromatic N) is 3. The van der Waals surface area contributed by atoms with Crippen molar-refractivity contribution in [3.05, 3.63) is 48.0 Å². The van der Waals surface area contributed by atoms with E-state index in [9.17, 15) is 18.3 Å². The zero-order valence-electron chi connectivity index (χ0n) is 19.9. The number of sulfonamides is 1. The number of aliphatic hydroxyl groups excluding tert-OH is 1. The van der Waals surface area contributed by atoms with Crippen molar-refractivity contribution < 1.29 is 23.1 Å². The maximum Gasteiger partial charge on any atom is 0.247 e. The van der Waals surface area contributed by atoms with E-state index in [4.69, 9.17) is 10.00 Å². The lowest BCUT2D eigenvalue weighted by molar-refractivity contribution is -0.131. The molecule has 8 nitrogen and oxygen atoms in total. The van der Waals surface area contributed by atoms with Crippen LogP contribution in [0.1, 0.15) is 32.8 Å². The molecule has 2 aromatic rings. The van der Waals surface area contributed by atoms with Crippen molar-refractivity contribution in [1.82, 2.24) is 9.21 Å². The maximum atomic E-state index is 13.6. The molecule has 3 rings (SSSR count). The van der Waals surface area contributed by atoms with Gasteiger partial charge < -0.3 is 14.7 Å². The highest BCUT2D eigenvalue weighted by molar-refractivity contribution is 7.89. The Bertz CT molecular complexity index is 1170. The molecule has 34 heavy (non-hydrogen) atoms. The zero-order chi connectivity index (χ0) is 25.0. The van der Waals surface area contributed by atoms with Gasteiger partial charge in [-0.2, -0.15) is 9.57 Å². The summed E-state index contributed by atoms with van der Waals surface area (Å²) in [5, 5.41) is 18.8. The molecular formula is C25H31N3O5S. The van der Waals surface area contributed by atoms with Crippen LogP contribution in [0.25, 0.3) is 11.1 Å². The predicted molar refractivity (Wildman–Crippen MR) is 129 cm³/mol. The van der Waals surface area contributed by atoms with Crippen LogP contribution in [0.2, 0.25) is 0 Å². The van der Waals surface area contributed by atoms with Gasteiger partial charge in [-0.15, -0.1) is 0 Å². The van der Waals surface area contributed by atoms with Crippen molar-refractivity contribution in [3.63, 3.8) is 0 Å².